The number of carbonyl (C=O) groups excluding carboxylic acids is 4. The van der Waals surface area contributed by atoms with Crippen LogP contribution in [0.1, 0.15) is 78.3 Å². The van der Waals surface area contributed by atoms with Gasteiger partial charge in [-0.05, 0) is 87.2 Å². The molecule has 0 unspecified atom stereocenters. The molecule has 4 aromatic rings. The van der Waals surface area contributed by atoms with Gasteiger partial charge in [0.1, 0.15) is 0 Å². The van der Waals surface area contributed by atoms with Gasteiger partial charge in [0.2, 0.25) is 5.91 Å². The van der Waals surface area contributed by atoms with E-state index in [0.29, 0.717) is 30.7 Å². The molecule has 0 bridgehead atoms. The Bertz CT molecular complexity index is 1540. The highest BCUT2D eigenvalue weighted by molar-refractivity contribution is 6.12. The van der Waals surface area contributed by atoms with Gasteiger partial charge in [-0.25, -0.2) is 4.79 Å². The van der Waals surface area contributed by atoms with Crippen molar-refractivity contribution in [2.75, 3.05) is 6.61 Å². The molecule has 0 aliphatic carbocycles. The maximum absolute atomic E-state index is 12.4. The highest BCUT2D eigenvalue weighted by Gasteiger charge is 2.14. The van der Waals surface area contributed by atoms with Crippen LogP contribution in [0.5, 0.6) is 0 Å². The van der Waals surface area contributed by atoms with E-state index < -0.39 is 0 Å². The predicted molar refractivity (Wildman–Crippen MR) is 162 cm³/mol. The summed E-state index contributed by atoms with van der Waals surface area (Å²) in [6.45, 7) is 6.45. The van der Waals surface area contributed by atoms with Crippen LogP contribution in [-0.2, 0) is 27.4 Å². The minimum absolute atomic E-state index is 0.00833. The maximum atomic E-state index is 12.4. The van der Waals surface area contributed by atoms with Gasteiger partial charge in [-0.1, -0.05) is 30.7 Å². The molecule has 0 fully saturated rings. The standard InChI is InChI=1S/C34H36N2O5/c1-4-41-34(40)18-13-25-9-11-26(12-10-25)22-35-33(39)8-6-5-7-19-36-31-16-14-27(23(2)37)20-29(31)30-21-28(24(3)38)15-17-32(30)36/h9-18,20-21H,4-8,19,22H2,1-3H3,(H,35,39)/b18-13+. The van der Waals surface area contributed by atoms with Gasteiger partial charge in [0.15, 0.2) is 11.6 Å². The molecule has 0 radical (unpaired) electrons. The van der Waals surface area contributed by atoms with Crippen LogP contribution < -0.4 is 5.32 Å². The fraction of sp³-hybridized carbons (Fsp3) is 0.294. The Morgan fingerprint density at radius 2 is 1.41 bits per heavy atom. The Morgan fingerprint density at radius 1 is 0.805 bits per heavy atom. The number of aromatic nitrogens is 1. The second-order valence-corrected chi connectivity index (χ2v) is 10.1. The van der Waals surface area contributed by atoms with E-state index in [1.54, 1.807) is 26.8 Å². The fourth-order valence-electron chi connectivity index (χ4n) is 4.91. The summed E-state index contributed by atoms with van der Waals surface area (Å²) in [5, 5.41) is 4.92. The fourth-order valence-corrected chi connectivity index (χ4v) is 4.91. The molecule has 212 valence electrons. The van der Waals surface area contributed by atoms with Crippen LogP contribution in [-0.4, -0.2) is 34.6 Å². The number of rotatable bonds is 13. The van der Waals surface area contributed by atoms with Crippen molar-refractivity contribution < 1.29 is 23.9 Å². The second-order valence-electron chi connectivity index (χ2n) is 10.1. The molecule has 0 atom stereocenters. The molecule has 0 saturated heterocycles. The minimum Gasteiger partial charge on any atom is -0.463 e. The molecule has 0 aliphatic heterocycles. The van der Waals surface area contributed by atoms with Gasteiger partial charge in [0, 0.05) is 58.5 Å². The van der Waals surface area contributed by atoms with Crippen LogP contribution >= 0.6 is 0 Å². The van der Waals surface area contributed by atoms with Gasteiger partial charge >= 0.3 is 5.97 Å². The average molecular weight is 553 g/mol. The Balaban J connectivity index is 1.29. The average Bonchev–Trinajstić information content (AvgIpc) is 3.27. The van der Waals surface area contributed by atoms with Crippen molar-refractivity contribution in [3.63, 3.8) is 0 Å². The first-order valence-electron chi connectivity index (χ1n) is 14.0. The Kier molecular flexibility index (Phi) is 9.85. The molecule has 41 heavy (non-hydrogen) atoms. The number of nitrogens with one attached hydrogen (secondary N) is 1. The van der Waals surface area contributed by atoms with Gasteiger partial charge < -0.3 is 14.6 Å². The summed E-state index contributed by atoms with van der Waals surface area (Å²) in [4.78, 5) is 47.8. The smallest absolute Gasteiger partial charge is 0.330 e. The number of ether oxygens (including phenoxy) is 1. The van der Waals surface area contributed by atoms with Crippen molar-refractivity contribution in [2.45, 2.75) is 59.5 Å². The van der Waals surface area contributed by atoms with Crippen molar-refractivity contribution in [3.8, 4) is 0 Å². The first-order chi connectivity index (χ1) is 19.8. The van der Waals surface area contributed by atoms with E-state index in [0.717, 1.165) is 58.7 Å². The molecule has 0 saturated carbocycles. The molecule has 1 N–H and O–H groups in total. The number of Topliss-reactive ketones (excluding diaryl/α,β-unsaturated/α-hetero) is 2. The van der Waals surface area contributed by atoms with E-state index in [4.69, 9.17) is 4.74 Å². The summed E-state index contributed by atoms with van der Waals surface area (Å²) in [5.74, 6) is -0.338. The lowest BCUT2D eigenvalue weighted by Gasteiger charge is -2.09. The van der Waals surface area contributed by atoms with E-state index >= 15 is 0 Å². The van der Waals surface area contributed by atoms with E-state index in [2.05, 4.69) is 9.88 Å². The zero-order valence-electron chi connectivity index (χ0n) is 23.9. The van der Waals surface area contributed by atoms with Crippen LogP contribution in [0.25, 0.3) is 27.9 Å². The molecule has 7 nitrogen and oxygen atoms in total. The normalized spacial score (nSPS) is 11.3. The van der Waals surface area contributed by atoms with E-state index in [-0.39, 0.29) is 23.4 Å². The molecule has 0 spiro atoms. The van der Waals surface area contributed by atoms with Crippen molar-refractivity contribution in [1.82, 2.24) is 9.88 Å². The third-order valence-corrected chi connectivity index (χ3v) is 7.13. The third kappa shape index (κ3) is 7.57. The van der Waals surface area contributed by atoms with Crippen molar-refractivity contribution in [1.29, 1.82) is 0 Å². The number of nitrogens with zero attached hydrogens (tertiary/aromatic N) is 1. The number of unbranched alkanes of at least 4 members (excludes halogenated alkanes) is 2. The number of amides is 1. The van der Waals surface area contributed by atoms with Crippen LogP contribution in [0, 0.1) is 0 Å². The number of fused-ring (bicyclic) bond motifs is 3. The molecular weight excluding hydrogens is 516 g/mol. The molecule has 0 aliphatic rings. The van der Waals surface area contributed by atoms with Crippen molar-refractivity contribution in [2.24, 2.45) is 0 Å². The van der Waals surface area contributed by atoms with Crippen LogP contribution in [0.2, 0.25) is 0 Å². The maximum Gasteiger partial charge on any atom is 0.330 e. The number of benzene rings is 3. The quantitative estimate of drug-likeness (QED) is 0.0867. The molecule has 1 amide bonds. The lowest BCUT2D eigenvalue weighted by Crippen LogP contribution is -2.22. The zero-order chi connectivity index (χ0) is 29.4. The summed E-state index contributed by atoms with van der Waals surface area (Å²) in [7, 11) is 0. The van der Waals surface area contributed by atoms with Gasteiger partial charge in [-0.3, -0.25) is 14.4 Å². The number of aryl methyl sites for hydroxylation is 1. The topological polar surface area (TPSA) is 94.5 Å². The largest absolute Gasteiger partial charge is 0.463 e. The van der Waals surface area contributed by atoms with Crippen molar-refractivity contribution >= 4 is 51.3 Å². The van der Waals surface area contributed by atoms with Crippen LogP contribution in [0.4, 0.5) is 0 Å². The summed E-state index contributed by atoms with van der Waals surface area (Å²) >= 11 is 0. The highest BCUT2D eigenvalue weighted by Crippen LogP contribution is 2.31. The van der Waals surface area contributed by atoms with Crippen LogP contribution in [0.15, 0.2) is 66.7 Å². The Hall–Kier alpha value is -4.52. The number of hydrogen-bond acceptors (Lipinski definition) is 5. The van der Waals surface area contributed by atoms with Gasteiger partial charge in [-0.2, -0.15) is 0 Å². The zero-order valence-corrected chi connectivity index (χ0v) is 23.9. The summed E-state index contributed by atoms with van der Waals surface area (Å²) in [6.07, 6.45) is 6.13. The van der Waals surface area contributed by atoms with Crippen LogP contribution in [0.3, 0.4) is 0 Å². The summed E-state index contributed by atoms with van der Waals surface area (Å²) in [5.41, 5.74) is 5.24. The minimum atomic E-state index is -0.370. The lowest BCUT2D eigenvalue weighted by atomic mass is 10.0. The lowest BCUT2D eigenvalue weighted by molar-refractivity contribution is -0.137. The highest BCUT2D eigenvalue weighted by atomic mass is 16.5. The van der Waals surface area contributed by atoms with Gasteiger partial charge in [0.25, 0.3) is 0 Å². The number of hydrogen-bond donors (Lipinski definition) is 1. The van der Waals surface area contributed by atoms with Gasteiger partial charge in [-0.15, -0.1) is 0 Å². The van der Waals surface area contributed by atoms with Crippen molar-refractivity contribution in [3.05, 3.63) is 89.0 Å². The number of esters is 1. The molecule has 1 aromatic heterocycles. The first kappa shape index (κ1) is 29.5. The number of ketones is 2. The SMILES string of the molecule is CCOC(=O)/C=C/c1ccc(CNC(=O)CCCCCn2c3ccc(C(C)=O)cc3c3cc(C(C)=O)ccc32)cc1. The van der Waals surface area contributed by atoms with Gasteiger partial charge in [0.05, 0.1) is 6.61 Å². The summed E-state index contributed by atoms with van der Waals surface area (Å²) in [6, 6.07) is 19.1. The molecular formula is C34H36N2O5. The second kappa shape index (κ2) is 13.7. The first-order valence-corrected chi connectivity index (χ1v) is 14.0. The monoisotopic (exact) mass is 552 g/mol. The Morgan fingerprint density at radius 3 is 1.98 bits per heavy atom. The van der Waals surface area contributed by atoms with E-state index in [1.165, 1.54) is 6.08 Å². The summed E-state index contributed by atoms with van der Waals surface area (Å²) < 4.78 is 7.12. The van der Waals surface area contributed by atoms with E-state index in [1.807, 2.05) is 60.7 Å². The molecule has 1 heterocycles. The number of carbonyl (C=O) groups is 4. The third-order valence-electron chi connectivity index (χ3n) is 7.13. The van der Waals surface area contributed by atoms with E-state index in [9.17, 15) is 19.2 Å². The predicted octanol–water partition coefficient (Wildman–Crippen LogP) is 6.65. The molecule has 7 heteroatoms. The Labute approximate surface area is 240 Å². The molecule has 4 rings (SSSR count). The molecule has 3 aromatic carbocycles.